The molecule has 0 radical (unpaired) electrons. The highest BCUT2D eigenvalue weighted by Crippen LogP contribution is 2.15. The Hall–Kier alpha value is -2.40. The van der Waals surface area contributed by atoms with E-state index in [2.05, 4.69) is 47.2 Å². The third-order valence-electron chi connectivity index (χ3n) is 3.89. The fourth-order valence-corrected chi connectivity index (χ4v) is 2.59. The molecule has 0 bridgehead atoms. The molecule has 0 saturated carbocycles. The normalized spacial score (nSPS) is 13.0. The number of rotatable bonds is 12. The zero-order chi connectivity index (χ0) is 19.4. The zero-order valence-electron chi connectivity index (χ0n) is 16.4. The van der Waals surface area contributed by atoms with Crippen LogP contribution in [0.4, 0.5) is 11.8 Å². The fraction of sp³-hybridized carbons (Fsp3) is 0.429. The summed E-state index contributed by atoms with van der Waals surface area (Å²) in [7, 11) is 0. The number of hydrogen-bond donors (Lipinski definition) is 2. The van der Waals surface area contributed by atoms with Crippen LogP contribution in [0.1, 0.15) is 32.4 Å². The minimum Gasteiger partial charge on any atom is -0.368 e. The Morgan fingerprint density at radius 1 is 1.35 bits per heavy atom. The van der Waals surface area contributed by atoms with Gasteiger partial charge in [0, 0.05) is 37.4 Å². The summed E-state index contributed by atoms with van der Waals surface area (Å²) in [4.78, 5) is 10.9. The van der Waals surface area contributed by atoms with E-state index in [9.17, 15) is 0 Å². The first kappa shape index (κ1) is 21.6. The molecule has 142 valence electrons. The van der Waals surface area contributed by atoms with Crippen LogP contribution < -0.4 is 16.0 Å². The van der Waals surface area contributed by atoms with Crippen LogP contribution in [0.2, 0.25) is 0 Å². The van der Waals surface area contributed by atoms with Gasteiger partial charge in [-0.3, -0.25) is 0 Å². The first-order valence-corrected chi connectivity index (χ1v) is 9.20. The van der Waals surface area contributed by atoms with Crippen LogP contribution in [-0.2, 0) is 0 Å². The lowest BCUT2D eigenvalue weighted by atomic mass is 10.2. The van der Waals surface area contributed by atoms with E-state index in [1.807, 2.05) is 31.2 Å². The highest BCUT2D eigenvalue weighted by molar-refractivity contribution is 5.43. The second-order valence-electron chi connectivity index (χ2n) is 6.38. The van der Waals surface area contributed by atoms with Crippen LogP contribution >= 0.6 is 0 Å². The standard InChI is InChI=1S/C21H33N5/c1-6-9-12-19(11-8-3)15-23-18(5)16-26(13-10-7-2)20-14-17(4)24-21(22)25-20/h6,8-9,11-12,14,18,23H,1,3,7,10,13,15-16H2,2,4-5H3,(H2,22,24,25)/b12-9-,19-11+. The number of aromatic nitrogens is 2. The van der Waals surface area contributed by atoms with Gasteiger partial charge in [0.15, 0.2) is 0 Å². The maximum absolute atomic E-state index is 5.84. The molecule has 0 aliphatic heterocycles. The molecule has 1 aromatic rings. The van der Waals surface area contributed by atoms with E-state index >= 15 is 0 Å². The monoisotopic (exact) mass is 355 g/mol. The van der Waals surface area contributed by atoms with Gasteiger partial charge >= 0.3 is 0 Å². The average Bonchev–Trinajstić information content (AvgIpc) is 2.60. The van der Waals surface area contributed by atoms with E-state index in [0.29, 0.717) is 5.95 Å². The number of nitrogen functional groups attached to an aromatic ring is 1. The number of nitrogens with two attached hydrogens (primary N) is 1. The number of anilines is 2. The molecule has 1 atom stereocenters. The van der Waals surface area contributed by atoms with Gasteiger partial charge in [-0.1, -0.05) is 56.9 Å². The summed E-state index contributed by atoms with van der Waals surface area (Å²) >= 11 is 0. The maximum Gasteiger partial charge on any atom is 0.222 e. The summed E-state index contributed by atoms with van der Waals surface area (Å²) in [5.74, 6) is 1.22. The summed E-state index contributed by atoms with van der Waals surface area (Å²) in [6.45, 7) is 16.4. The van der Waals surface area contributed by atoms with Gasteiger partial charge < -0.3 is 16.0 Å². The average molecular weight is 356 g/mol. The van der Waals surface area contributed by atoms with Gasteiger partial charge in [0.1, 0.15) is 5.82 Å². The minimum absolute atomic E-state index is 0.286. The first-order valence-electron chi connectivity index (χ1n) is 9.20. The van der Waals surface area contributed by atoms with E-state index in [1.54, 1.807) is 12.2 Å². The van der Waals surface area contributed by atoms with Gasteiger partial charge in [0.05, 0.1) is 0 Å². The van der Waals surface area contributed by atoms with E-state index in [-0.39, 0.29) is 6.04 Å². The topological polar surface area (TPSA) is 67.1 Å². The smallest absolute Gasteiger partial charge is 0.222 e. The zero-order valence-corrected chi connectivity index (χ0v) is 16.4. The Labute approximate surface area is 158 Å². The molecule has 5 nitrogen and oxygen atoms in total. The molecule has 0 aromatic carbocycles. The van der Waals surface area contributed by atoms with Crippen molar-refractivity contribution in [1.82, 2.24) is 15.3 Å². The molecule has 1 unspecified atom stereocenters. The van der Waals surface area contributed by atoms with Crippen molar-refractivity contribution in [3.63, 3.8) is 0 Å². The van der Waals surface area contributed by atoms with Gasteiger partial charge in [0.25, 0.3) is 0 Å². The first-order chi connectivity index (χ1) is 12.5. The number of aryl methyl sites for hydroxylation is 1. The predicted octanol–water partition coefficient (Wildman–Crippen LogP) is 3.81. The Balaban J connectivity index is 2.77. The van der Waals surface area contributed by atoms with Crippen LogP contribution in [0.5, 0.6) is 0 Å². The third-order valence-corrected chi connectivity index (χ3v) is 3.89. The molecule has 0 fully saturated rings. The van der Waals surface area contributed by atoms with Crippen LogP contribution in [0.15, 0.2) is 55.2 Å². The van der Waals surface area contributed by atoms with E-state index in [4.69, 9.17) is 5.73 Å². The largest absolute Gasteiger partial charge is 0.368 e. The maximum atomic E-state index is 5.84. The lowest BCUT2D eigenvalue weighted by Crippen LogP contribution is -2.41. The number of nitrogens with one attached hydrogen (secondary N) is 1. The molecule has 1 aromatic heterocycles. The van der Waals surface area contributed by atoms with Gasteiger partial charge in [0.2, 0.25) is 5.95 Å². The molecule has 0 amide bonds. The van der Waals surface area contributed by atoms with Gasteiger partial charge in [-0.05, 0) is 25.8 Å². The second kappa shape index (κ2) is 12.0. The second-order valence-corrected chi connectivity index (χ2v) is 6.38. The van der Waals surface area contributed by atoms with Gasteiger partial charge in [-0.15, -0.1) is 0 Å². The van der Waals surface area contributed by atoms with Gasteiger partial charge in [-0.2, -0.15) is 4.98 Å². The molecule has 1 rings (SSSR count). The van der Waals surface area contributed by atoms with Crippen molar-refractivity contribution in [2.45, 2.75) is 39.7 Å². The van der Waals surface area contributed by atoms with Crippen molar-refractivity contribution in [2.75, 3.05) is 30.3 Å². The molecule has 0 aliphatic rings. The van der Waals surface area contributed by atoms with Crippen molar-refractivity contribution >= 4 is 11.8 Å². The summed E-state index contributed by atoms with van der Waals surface area (Å²) < 4.78 is 0. The number of allylic oxidation sites excluding steroid dienone is 4. The van der Waals surface area contributed by atoms with Crippen molar-refractivity contribution in [3.05, 3.63) is 60.9 Å². The number of unbranched alkanes of at least 4 members (excludes halogenated alkanes) is 1. The van der Waals surface area contributed by atoms with Crippen LogP contribution in [-0.4, -0.2) is 35.6 Å². The van der Waals surface area contributed by atoms with Crippen LogP contribution in [0.3, 0.4) is 0 Å². The SMILES string of the molecule is C=C/C=C\C(=C/C=C)CNC(C)CN(CCCC)c1cc(C)nc(N)n1. The predicted molar refractivity (Wildman–Crippen MR) is 113 cm³/mol. The van der Waals surface area contributed by atoms with E-state index < -0.39 is 0 Å². The van der Waals surface area contributed by atoms with E-state index in [0.717, 1.165) is 49.6 Å². The quantitative estimate of drug-likeness (QED) is 0.558. The molecule has 3 N–H and O–H groups in total. The molecule has 0 spiro atoms. The minimum atomic E-state index is 0.286. The highest BCUT2D eigenvalue weighted by Gasteiger charge is 2.13. The molecule has 0 saturated heterocycles. The lowest BCUT2D eigenvalue weighted by molar-refractivity contribution is 0.550. The summed E-state index contributed by atoms with van der Waals surface area (Å²) in [5.41, 5.74) is 7.89. The molecule has 0 aliphatic carbocycles. The summed E-state index contributed by atoms with van der Waals surface area (Å²) in [6, 6.07) is 2.28. The summed E-state index contributed by atoms with van der Waals surface area (Å²) in [6.07, 6.45) is 11.8. The van der Waals surface area contributed by atoms with Crippen molar-refractivity contribution < 1.29 is 0 Å². The highest BCUT2D eigenvalue weighted by atomic mass is 15.2. The Kier molecular flexibility index (Phi) is 10.0. The van der Waals surface area contributed by atoms with Crippen molar-refractivity contribution in [2.24, 2.45) is 0 Å². The number of hydrogen-bond acceptors (Lipinski definition) is 5. The molecular formula is C21H33N5. The van der Waals surface area contributed by atoms with E-state index in [1.165, 1.54) is 0 Å². The van der Waals surface area contributed by atoms with Crippen molar-refractivity contribution in [1.29, 1.82) is 0 Å². The Morgan fingerprint density at radius 2 is 2.12 bits per heavy atom. The molecule has 1 heterocycles. The molecular weight excluding hydrogens is 322 g/mol. The Bertz CT molecular complexity index is 613. The van der Waals surface area contributed by atoms with Crippen LogP contribution in [0.25, 0.3) is 0 Å². The molecule has 26 heavy (non-hydrogen) atoms. The van der Waals surface area contributed by atoms with Crippen LogP contribution in [0, 0.1) is 6.92 Å². The lowest BCUT2D eigenvalue weighted by Gasteiger charge is -2.28. The van der Waals surface area contributed by atoms with Crippen molar-refractivity contribution in [3.8, 4) is 0 Å². The summed E-state index contributed by atoms with van der Waals surface area (Å²) in [5, 5.41) is 3.56. The molecule has 5 heteroatoms. The number of nitrogens with zero attached hydrogens (tertiary/aromatic N) is 3. The van der Waals surface area contributed by atoms with Gasteiger partial charge in [-0.25, -0.2) is 4.98 Å². The third kappa shape index (κ3) is 8.12. The fourth-order valence-electron chi connectivity index (χ4n) is 2.59. The Morgan fingerprint density at radius 3 is 2.73 bits per heavy atom.